The van der Waals surface area contributed by atoms with Gasteiger partial charge in [-0.05, 0) is 21.5 Å². The van der Waals surface area contributed by atoms with Crippen molar-refractivity contribution in [2.75, 3.05) is 6.54 Å². The van der Waals surface area contributed by atoms with E-state index in [1.807, 2.05) is 0 Å². The van der Waals surface area contributed by atoms with Crippen LogP contribution in [0.2, 0.25) is 0 Å². The summed E-state index contributed by atoms with van der Waals surface area (Å²) < 4.78 is 0.424. The van der Waals surface area contributed by atoms with Gasteiger partial charge in [0.2, 0.25) is 0 Å². The number of nitro groups is 1. The van der Waals surface area contributed by atoms with Gasteiger partial charge in [-0.2, -0.15) is 0 Å². The molecule has 1 rings (SSSR count). The molecule has 1 aromatic rings. The van der Waals surface area contributed by atoms with Crippen LogP contribution in [-0.4, -0.2) is 22.5 Å². The van der Waals surface area contributed by atoms with Crippen molar-refractivity contribution in [3.05, 3.63) is 38.3 Å². The lowest BCUT2D eigenvalue weighted by Gasteiger charge is -2.05. The Hall–Kier alpha value is -1.47. The number of benzene rings is 1. The fraction of sp³-hybridized carbons (Fsp3) is 0.300. The highest BCUT2D eigenvalue weighted by atomic mass is 79.9. The molecule has 7 heteroatoms. The number of aliphatic carboxylic acids is 1. The average molecular weight is 303 g/mol. The van der Waals surface area contributed by atoms with Gasteiger partial charge in [0.05, 0.1) is 15.8 Å². The lowest BCUT2D eigenvalue weighted by molar-refractivity contribution is -0.385. The Bertz CT molecular complexity index is 436. The molecule has 0 saturated carbocycles. The first-order valence-electron chi connectivity index (χ1n) is 4.86. The van der Waals surface area contributed by atoms with Crippen LogP contribution in [-0.2, 0) is 11.3 Å². The third kappa shape index (κ3) is 4.12. The molecule has 0 bridgehead atoms. The number of nitro benzene ring substituents is 1. The Morgan fingerprint density at radius 1 is 1.53 bits per heavy atom. The molecular formula is C10H11BrN2O4. The van der Waals surface area contributed by atoms with Crippen LogP contribution in [0.3, 0.4) is 0 Å². The summed E-state index contributed by atoms with van der Waals surface area (Å²) in [6.45, 7) is 0.708. The van der Waals surface area contributed by atoms with Crippen molar-refractivity contribution in [1.82, 2.24) is 5.32 Å². The molecule has 6 nitrogen and oxygen atoms in total. The van der Waals surface area contributed by atoms with Gasteiger partial charge >= 0.3 is 5.97 Å². The molecule has 0 heterocycles. The number of nitrogens with one attached hydrogen (secondary N) is 1. The van der Waals surface area contributed by atoms with E-state index in [0.29, 0.717) is 17.6 Å². The molecule has 0 radical (unpaired) electrons. The van der Waals surface area contributed by atoms with E-state index in [2.05, 4.69) is 21.2 Å². The molecule has 0 aliphatic carbocycles. The standard InChI is InChI=1S/C10H11BrN2O4/c11-10-7(6-12-5-4-9(14)15)2-1-3-8(10)13(16)17/h1-3,12H,4-6H2,(H,14,15). The van der Waals surface area contributed by atoms with Crippen LogP contribution in [0, 0.1) is 10.1 Å². The Morgan fingerprint density at radius 3 is 2.82 bits per heavy atom. The minimum absolute atomic E-state index is 0.00235. The smallest absolute Gasteiger partial charge is 0.304 e. The van der Waals surface area contributed by atoms with Gasteiger partial charge in [0.25, 0.3) is 5.69 Å². The zero-order valence-electron chi connectivity index (χ0n) is 8.85. The van der Waals surface area contributed by atoms with Crippen molar-refractivity contribution in [2.24, 2.45) is 0 Å². The lowest BCUT2D eigenvalue weighted by Crippen LogP contribution is -2.17. The van der Waals surface area contributed by atoms with Crippen molar-refractivity contribution in [3.8, 4) is 0 Å². The summed E-state index contributed by atoms with van der Waals surface area (Å²) in [6, 6.07) is 4.74. The van der Waals surface area contributed by atoms with Gasteiger partial charge in [0.1, 0.15) is 0 Å². The van der Waals surface area contributed by atoms with Gasteiger partial charge in [0.15, 0.2) is 0 Å². The Kier molecular flexibility index (Phi) is 5.05. The topological polar surface area (TPSA) is 92.5 Å². The van der Waals surface area contributed by atoms with Crippen molar-refractivity contribution in [3.63, 3.8) is 0 Å². The van der Waals surface area contributed by atoms with Crippen LogP contribution >= 0.6 is 15.9 Å². The SMILES string of the molecule is O=C(O)CCNCc1cccc([N+](=O)[O-])c1Br. The van der Waals surface area contributed by atoms with E-state index >= 15 is 0 Å². The molecule has 1 aromatic carbocycles. The van der Waals surface area contributed by atoms with Gasteiger partial charge in [0, 0.05) is 19.2 Å². The molecule has 92 valence electrons. The second kappa shape index (κ2) is 6.31. The predicted molar refractivity (Wildman–Crippen MR) is 64.8 cm³/mol. The van der Waals surface area contributed by atoms with E-state index in [0.717, 1.165) is 5.56 Å². The molecule has 0 aliphatic heterocycles. The molecular weight excluding hydrogens is 292 g/mol. The lowest BCUT2D eigenvalue weighted by atomic mass is 10.2. The maximum absolute atomic E-state index is 10.7. The van der Waals surface area contributed by atoms with Crippen molar-refractivity contribution < 1.29 is 14.8 Å². The van der Waals surface area contributed by atoms with Crippen LogP contribution < -0.4 is 5.32 Å². The van der Waals surface area contributed by atoms with Crippen molar-refractivity contribution in [2.45, 2.75) is 13.0 Å². The van der Waals surface area contributed by atoms with E-state index < -0.39 is 10.9 Å². The monoisotopic (exact) mass is 302 g/mol. The molecule has 0 spiro atoms. The fourth-order valence-corrected chi connectivity index (χ4v) is 1.81. The highest BCUT2D eigenvalue weighted by Crippen LogP contribution is 2.27. The first kappa shape index (κ1) is 13.6. The summed E-state index contributed by atoms with van der Waals surface area (Å²) >= 11 is 3.16. The number of carboxylic acid groups (broad SMARTS) is 1. The van der Waals surface area contributed by atoms with Crippen molar-refractivity contribution >= 4 is 27.6 Å². The number of hydrogen-bond donors (Lipinski definition) is 2. The van der Waals surface area contributed by atoms with Gasteiger partial charge < -0.3 is 10.4 Å². The normalized spacial score (nSPS) is 10.2. The molecule has 0 fully saturated rings. The molecule has 0 unspecified atom stereocenters. The van der Waals surface area contributed by atoms with Crippen LogP contribution in [0.1, 0.15) is 12.0 Å². The number of carbonyl (C=O) groups is 1. The van der Waals surface area contributed by atoms with Gasteiger partial charge in [-0.25, -0.2) is 0 Å². The van der Waals surface area contributed by atoms with E-state index in [4.69, 9.17) is 5.11 Å². The van der Waals surface area contributed by atoms with Crippen molar-refractivity contribution in [1.29, 1.82) is 0 Å². The average Bonchev–Trinajstić information content (AvgIpc) is 2.25. The summed E-state index contributed by atoms with van der Waals surface area (Å²) in [5.74, 6) is -0.879. The number of halogens is 1. The van der Waals surface area contributed by atoms with E-state index in [-0.39, 0.29) is 12.1 Å². The number of carboxylic acids is 1. The Morgan fingerprint density at radius 2 is 2.24 bits per heavy atom. The van der Waals surface area contributed by atoms with Gasteiger partial charge in [-0.3, -0.25) is 14.9 Å². The highest BCUT2D eigenvalue weighted by Gasteiger charge is 2.14. The first-order valence-corrected chi connectivity index (χ1v) is 5.66. The largest absolute Gasteiger partial charge is 0.481 e. The number of rotatable bonds is 6. The zero-order chi connectivity index (χ0) is 12.8. The second-order valence-electron chi connectivity index (χ2n) is 3.33. The summed E-state index contributed by atoms with van der Waals surface area (Å²) in [5, 5.41) is 22.0. The number of nitrogens with zero attached hydrogens (tertiary/aromatic N) is 1. The van der Waals surface area contributed by atoms with Crippen LogP contribution in [0.4, 0.5) is 5.69 Å². The minimum Gasteiger partial charge on any atom is -0.481 e. The van der Waals surface area contributed by atoms with E-state index in [1.54, 1.807) is 12.1 Å². The van der Waals surface area contributed by atoms with Crippen LogP contribution in [0.15, 0.2) is 22.7 Å². The zero-order valence-corrected chi connectivity index (χ0v) is 10.4. The van der Waals surface area contributed by atoms with Gasteiger partial charge in [-0.1, -0.05) is 12.1 Å². The predicted octanol–water partition coefficient (Wildman–Crippen LogP) is 1.92. The molecule has 17 heavy (non-hydrogen) atoms. The molecule has 0 amide bonds. The van der Waals surface area contributed by atoms with Crippen LogP contribution in [0.5, 0.6) is 0 Å². The Balaban J connectivity index is 2.62. The Labute approximate surface area is 106 Å². The molecule has 2 N–H and O–H groups in total. The first-order chi connectivity index (χ1) is 8.02. The van der Waals surface area contributed by atoms with E-state index in [9.17, 15) is 14.9 Å². The minimum atomic E-state index is -0.879. The second-order valence-corrected chi connectivity index (χ2v) is 4.12. The molecule has 0 aromatic heterocycles. The summed E-state index contributed by atoms with van der Waals surface area (Å²) in [4.78, 5) is 20.5. The van der Waals surface area contributed by atoms with E-state index in [1.165, 1.54) is 6.07 Å². The summed E-state index contributed by atoms with van der Waals surface area (Å²) in [6.07, 6.45) is 0.0204. The van der Waals surface area contributed by atoms with Crippen LogP contribution in [0.25, 0.3) is 0 Å². The molecule has 0 aliphatic rings. The maximum atomic E-state index is 10.7. The quantitative estimate of drug-likeness (QED) is 0.476. The highest BCUT2D eigenvalue weighted by molar-refractivity contribution is 9.10. The summed E-state index contributed by atoms with van der Waals surface area (Å²) in [5.41, 5.74) is 0.729. The fourth-order valence-electron chi connectivity index (χ4n) is 1.26. The molecule has 0 atom stereocenters. The van der Waals surface area contributed by atoms with Gasteiger partial charge in [-0.15, -0.1) is 0 Å². The third-order valence-corrected chi connectivity index (χ3v) is 3.00. The summed E-state index contributed by atoms with van der Waals surface area (Å²) in [7, 11) is 0. The molecule has 0 saturated heterocycles. The number of hydrogen-bond acceptors (Lipinski definition) is 4. The third-order valence-electron chi connectivity index (χ3n) is 2.09. The maximum Gasteiger partial charge on any atom is 0.304 e.